The summed E-state index contributed by atoms with van der Waals surface area (Å²) in [5.41, 5.74) is 4.21. The fourth-order valence-electron chi connectivity index (χ4n) is 2.52. The minimum absolute atomic E-state index is 0.0116. The number of aromatic nitrogens is 3. The second kappa shape index (κ2) is 7.30. The topological polar surface area (TPSA) is 85.0 Å². The molecule has 126 valence electrons. The number of rotatable bonds is 6. The van der Waals surface area contributed by atoms with Gasteiger partial charge in [-0.3, -0.25) is 4.68 Å². The number of urea groups is 1. The molecule has 7 heteroatoms. The van der Waals surface area contributed by atoms with E-state index in [1.807, 2.05) is 45.5 Å². The molecule has 23 heavy (non-hydrogen) atoms. The van der Waals surface area contributed by atoms with Crippen LogP contribution in [0.3, 0.4) is 0 Å². The molecule has 2 aromatic rings. The fraction of sp³-hybridized carbons (Fsp3) is 0.562. The molecule has 0 spiro atoms. The lowest BCUT2D eigenvalue weighted by molar-refractivity contribution is 0.235. The maximum atomic E-state index is 12.0. The quantitative estimate of drug-likeness (QED) is 0.853. The van der Waals surface area contributed by atoms with E-state index in [-0.39, 0.29) is 12.1 Å². The molecular weight excluding hydrogens is 294 g/mol. The van der Waals surface area contributed by atoms with Crippen LogP contribution in [0.4, 0.5) is 4.79 Å². The summed E-state index contributed by atoms with van der Waals surface area (Å²) < 4.78 is 7.00. The minimum Gasteiger partial charge on any atom is -0.359 e. The molecule has 2 heterocycles. The van der Waals surface area contributed by atoms with Gasteiger partial charge in [-0.25, -0.2) is 4.79 Å². The van der Waals surface area contributed by atoms with Crippen molar-refractivity contribution in [2.45, 2.75) is 53.1 Å². The van der Waals surface area contributed by atoms with E-state index >= 15 is 0 Å². The van der Waals surface area contributed by atoms with E-state index in [4.69, 9.17) is 4.52 Å². The van der Waals surface area contributed by atoms with Gasteiger partial charge in [0.1, 0.15) is 0 Å². The van der Waals surface area contributed by atoms with Gasteiger partial charge in [-0.1, -0.05) is 12.1 Å². The Hall–Kier alpha value is -2.31. The van der Waals surface area contributed by atoms with Gasteiger partial charge in [0.2, 0.25) is 0 Å². The minimum atomic E-state index is -0.217. The van der Waals surface area contributed by atoms with Crippen LogP contribution in [0.5, 0.6) is 0 Å². The lowest BCUT2D eigenvalue weighted by Crippen LogP contribution is -2.41. The zero-order valence-corrected chi connectivity index (χ0v) is 14.4. The lowest BCUT2D eigenvalue weighted by Gasteiger charge is -2.14. The first-order valence-electron chi connectivity index (χ1n) is 7.88. The van der Waals surface area contributed by atoms with E-state index in [0.717, 1.165) is 29.9 Å². The Morgan fingerprint density at radius 3 is 2.74 bits per heavy atom. The third kappa shape index (κ3) is 4.34. The third-order valence-electron chi connectivity index (χ3n) is 3.94. The number of carbonyl (C=O) groups excluding carboxylic acids is 1. The molecule has 0 aliphatic carbocycles. The number of aryl methyl sites for hydroxylation is 3. The SMILES string of the molecule is CCc1cc(CNC(=O)NC(C)Cc2c(C)nn(C)c2C)on1. The molecule has 0 bridgehead atoms. The van der Waals surface area contributed by atoms with E-state index in [2.05, 4.69) is 20.9 Å². The summed E-state index contributed by atoms with van der Waals surface area (Å²) in [5, 5.41) is 14.0. The zero-order valence-electron chi connectivity index (χ0n) is 14.4. The van der Waals surface area contributed by atoms with Crippen LogP contribution in [0.1, 0.15) is 42.3 Å². The molecular formula is C16H25N5O2. The van der Waals surface area contributed by atoms with Crippen LogP contribution >= 0.6 is 0 Å². The molecule has 0 fully saturated rings. The van der Waals surface area contributed by atoms with Crippen LogP contribution in [-0.2, 0) is 26.4 Å². The molecule has 0 saturated heterocycles. The van der Waals surface area contributed by atoms with Crippen molar-refractivity contribution in [2.75, 3.05) is 0 Å². The van der Waals surface area contributed by atoms with Crippen LogP contribution in [0, 0.1) is 13.8 Å². The van der Waals surface area contributed by atoms with Gasteiger partial charge in [0.25, 0.3) is 0 Å². The molecule has 7 nitrogen and oxygen atoms in total. The van der Waals surface area contributed by atoms with Gasteiger partial charge in [0.05, 0.1) is 17.9 Å². The van der Waals surface area contributed by atoms with Crippen LogP contribution < -0.4 is 10.6 Å². The highest BCUT2D eigenvalue weighted by atomic mass is 16.5. The van der Waals surface area contributed by atoms with Crippen molar-refractivity contribution in [2.24, 2.45) is 7.05 Å². The maximum absolute atomic E-state index is 12.0. The van der Waals surface area contributed by atoms with Crippen molar-refractivity contribution in [3.8, 4) is 0 Å². The Morgan fingerprint density at radius 2 is 2.17 bits per heavy atom. The van der Waals surface area contributed by atoms with Crippen molar-refractivity contribution < 1.29 is 9.32 Å². The Morgan fingerprint density at radius 1 is 1.43 bits per heavy atom. The smallest absolute Gasteiger partial charge is 0.315 e. The van der Waals surface area contributed by atoms with Crippen molar-refractivity contribution in [3.05, 3.63) is 34.5 Å². The van der Waals surface area contributed by atoms with E-state index in [1.54, 1.807) is 0 Å². The standard InChI is InChI=1S/C16H25N5O2/c1-6-13-8-14(23-20-13)9-17-16(22)18-10(2)7-15-11(3)19-21(5)12(15)4/h8,10H,6-7,9H2,1-5H3,(H2,17,18,22). The van der Waals surface area contributed by atoms with E-state index in [1.165, 1.54) is 5.56 Å². The summed E-state index contributed by atoms with van der Waals surface area (Å²) in [6.45, 7) is 8.35. The maximum Gasteiger partial charge on any atom is 0.315 e. The Balaban J connectivity index is 1.82. The fourth-order valence-corrected chi connectivity index (χ4v) is 2.52. The van der Waals surface area contributed by atoms with E-state index in [9.17, 15) is 4.79 Å². The number of hydrogen-bond donors (Lipinski definition) is 2. The molecule has 0 radical (unpaired) electrons. The Bertz CT molecular complexity index is 674. The molecule has 0 aliphatic heterocycles. The van der Waals surface area contributed by atoms with Crippen molar-refractivity contribution in [1.82, 2.24) is 25.6 Å². The van der Waals surface area contributed by atoms with Crippen molar-refractivity contribution in [1.29, 1.82) is 0 Å². The monoisotopic (exact) mass is 319 g/mol. The molecule has 0 saturated carbocycles. The van der Waals surface area contributed by atoms with Crippen LogP contribution in [0.15, 0.2) is 10.6 Å². The molecule has 2 rings (SSSR count). The third-order valence-corrected chi connectivity index (χ3v) is 3.94. The predicted molar refractivity (Wildman–Crippen MR) is 87.1 cm³/mol. The van der Waals surface area contributed by atoms with Gasteiger partial charge in [0.15, 0.2) is 5.76 Å². The number of nitrogens with one attached hydrogen (secondary N) is 2. The van der Waals surface area contributed by atoms with Gasteiger partial charge >= 0.3 is 6.03 Å². The summed E-state index contributed by atoms with van der Waals surface area (Å²) in [4.78, 5) is 12.0. The summed E-state index contributed by atoms with van der Waals surface area (Å²) in [5.74, 6) is 0.656. The second-order valence-corrected chi connectivity index (χ2v) is 5.84. The molecule has 2 aromatic heterocycles. The van der Waals surface area contributed by atoms with Gasteiger partial charge in [-0.15, -0.1) is 0 Å². The van der Waals surface area contributed by atoms with Crippen molar-refractivity contribution >= 4 is 6.03 Å². The largest absolute Gasteiger partial charge is 0.359 e. The van der Waals surface area contributed by atoms with Crippen LogP contribution in [0.2, 0.25) is 0 Å². The molecule has 2 amide bonds. The number of carbonyl (C=O) groups is 1. The first kappa shape index (κ1) is 17.1. The predicted octanol–water partition coefficient (Wildman–Crippen LogP) is 2.02. The molecule has 1 atom stereocenters. The number of nitrogens with zero attached hydrogens (tertiary/aromatic N) is 3. The highest BCUT2D eigenvalue weighted by Crippen LogP contribution is 2.14. The summed E-state index contributed by atoms with van der Waals surface area (Å²) in [6, 6.07) is 1.65. The highest BCUT2D eigenvalue weighted by molar-refractivity contribution is 5.74. The average Bonchev–Trinajstić information content (AvgIpc) is 3.05. The normalized spacial score (nSPS) is 12.2. The number of hydrogen-bond acceptors (Lipinski definition) is 4. The highest BCUT2D eigenvalue weighted by Gasteiger charge is 2.15. The van der Waals surface area contributed by atoms with Crippen LogP contribution in [-0.4, -0.2) is 27.0 Å². The first-order valence-corrected chi connectivity index (χ1v) is 7.88. The van der Waals surface area contributed by atoms with Gasteiger partial charge in [-0.2, -0.15) is 5.10 Å². The summed E-state index contributed by atoms with van der Waals surface area (Å²) in [6.07, 6.45) is 1.57. The summed E-state index contributed by atoms with van der Waals surface area (Å²) in [7, 11) is 1.93. The zero-order chi connectivity index (χ0) is 17.0. The first-order chi connectivity index (χ1) is 10.9. The molecule has 1 unspecified atom stereocenters. The molecule has 2 N–H and O–H groups in total. The van der Waals surface area contributed by atoms with E-state index in [0.29, 0.717) is 12.3 Å². The molecule has 0 aliphatic rings. The van der Waals surface area contributed by atoms with E-state index < -0.39 is 0 Å². The average molecular weight is 319 g/mol. The molecule has 0 aromatic carbocycles. The number of amides is 2. The Kier molecular flexibility index (Phi) is 5.41. The van der Waals surface area contributed by atoms with Crippen LogP contribution in [0.25, 0.3) is 0 Å². The van der Waals surface area contributed by atoms with Gasteiger partial charge in [0, 0.05) is 24.8 Å². The second-order valence-electron chi connectivity index (χ2n) is 5.84. The van der Waals surface area contributed by atoms with Crippen molar-refractivity contribution in [3.63, 3.8) is 0 Å². The lowest BCUT2D eigenvalue weighted by atomic mass is 10.1. The Labute approximate surface area is 136 Å². The van der Waals surface area contributed by atoms with Gasteiger partial charge in [-0.05, 0) is 39.2 Å². The van der Waals surface area contributed by atoms with Gasteiger partial charge < -0.3 is 15.2 Å². The summed E-state index contributed by atoms with van der Waals surface area (Å²) >= 11 is 0.